The number of hydrogen-bond donors (Lipinski definition) is 0. The summed E-state index contributed by atoms with van der Waals surface area (Å²) in [6.45, 7) is 5.57. The second-order valence-electron chi connectivity index (χ2n) is 3.23. The molecule has 1 rings (SSSR count). The molecule has 0 spiro atoms. The third-order valence-corrected chi connectivity index (χ3v) is 2.06. The maximum Gasteiger partial charge on any atom is 0.129 e. The number of alkyl halides is 1. The van der Waals surface area contributed by atoms with Gasteiger partial charge in [0.2, 0.25) is 0 Å². The molecule has 2 unspecified atom stereocenters. The molecular weight excluding hydrogens is 115 g/mol. The molecule has 1 heteroatoms. The van der Waals surface area contributed by atoms with E-state index in [2.05, 4.69) is 0 Å². The van der Waals surface area contributed by atoms with E-state index in [1.54, 1.807) is 6.92 Å². The average Bonchev–Trinajstić information content (AvgIpc) is 1.79. The number of hydrogen-bond acceptors (Lipinski definition) is 0. The number of halogens is 1. The molecule has 0 saturated heterocycles. The molecule has 0 aromatic carbocycles. The fourth-order valence-corrected chi connectivity index (χ4v) is 1.43. The van der Waals surface area contributed by atoms with Crippen LogP contribution in [0.2, 0.25) is 0 Å². The van der Waals surface area contributed by atoms with Crippen molar-refractivity contribution in [3.8, 4) is 0 Å². The van der Waals surface area contributed by atoms with Gasteiger partial charge in [0.05, 0.1) is 0 Å². The second-order valence-corrected chi connectivity index (χ2v) is 3.23. The lowest BCUT2D eigenvalue weighted by atomic mass is 10.0. The predicted molar refractivity (Wildman–Crippen MR) is 37.1 cm³/mol. The zero-order valence-electron chi connectivity index (χ0n) is 6.24. The lowest BCUT2D eigenvalue weighted by Gasteiger charge is -2.14. The van der Waals surface area contributed by atoms with Crippen molar-refractivity contribution in [1.82, 2.24) is 0 Å². The highest BCUT2D eigenvalue weighted by Gasteiger charge is 2.32. The van der Waals surface area contributed by atoms with Gasteiger partial charge in [-0.3, -0.25) is 0 Å². The molecule has 0 aromatic rings. The van der Waals surface area contributed by atoms with Gasteiger partial charge in [-0.2, -0.15) is 0 Å². The molecular formula is C8H13F. The van der Waals surface area contributed by atoms with Gasteiger partial charge < -0.3 is 0 Å². The van der Waals surface area contributed by atoms with Gasteiger partial charge in [0.15, 0.2) is 0 Å². The van der Waals surface area contributed by atoms with Crippen LogP contribution in [0.5, 0.6) is 0 Å². The zero-order chi connectivity index (χ0) is 7.07. The van der Waals surface area contributed by atoms with E-state index in [1.165, 1.54) is 0 Å². The fraction of sp³-hybridized carbons (Fsp3) is 0.750. The van der Waals surface area contributed by atoms with E-state index in [0.717, 1.165) is 5.57 Å². The Labute approximate surface area is 55.8 Å². The highest BCUT2D eigenvalue weighted by molar-refractivity contribution is 5.20. The Balaban J connectivity index is 2.76. The minimum absolute atomic E-state index is 0.431. The lowest BCUT2D eigenvalue weighted by Crippen LogP contribution is -2.15. The highest BCUT2D eigenvalue weighted by Crippen LogP contribution is 2.36. The third kappa shape index (κ3) is 1.15. The molecule has 0 amide bonds. The monoisotopic (exact) mass is 128 g/mol. The summed E-state index contributed by atoms with van der Waals surface area (Å²) in [5.41, 5.74) is -0.116. The van der Waals surface area contributed by atoms with Crippen molar-refractivity contribution >= 4 is 0 Å². The van der Waals surface area contributed by atoms with Crippen molar-refractivity contribution < 1.29 is 4.39 Å². The van der Waals surface area contributed by atoms with E-state index in [-0.39, 0.29) is 0 Å². The van der Waals surface area contributed by atoms with Gasteiger partial charge in [-0.05, 0) is 31.8 Å². The molecule has 0 heterocycles. The van der Waals surface area contributed by atoms with Crippen molar-refractivity contribution in [3.05, 3.63) is 11.6 Å². The van der Waals surface area contributed by atoms with E-state index < -0.39 is 5.67 Å². The Hall–Kier alpha value is -0.330. The van der Waals surface area contributed by atoms with Crippen LogP contribution in [-0.4, -0.2) is 5.67 Å². The summed E-state index contributed by atoms with van der Waals surface area (Å²) in [6.07, 6.45) is 2.68. The second kappa shape index (κ2) is 1.83. The molecule has 0 aliphatic heterocycles. The molecule has 0 fully saturated rings. The Morgan fingerprint density at radius 1 is 1.78 bits per heavy atom. The average molecular weight is 128 g/mol. The van der Waals surface area contributed by atoms with Crippen molar-refractivity contribution in [2.24, 2.45) is 5.92 Å². The normalized spacial score (nSPS) is 43.1. The smallest absolute Gasteiger partial charge is 0.129 e. The number of rotatable bonds is 0. The van der Waals surface area contributed by atoms with Crippen molar-refractivity contribution in [2.45, 2.75) is 32.9 Å². The van der Waals surface area contributed by atoms with E-state index in [9.17, 15) is 4.39 Å². The molecule has 0 radical (unpaired) electrons. The van der Waals surface area contributed by atoms with E-state index in [4.69, 9.17) is 0 Å². The van der Waals surface area contributed by atoms with Crippen LogP contribution in [0.3, 0.4) is 0 Å². The minimum Gasteiger partial charge on any atom is -0.239 e. The van der Waals surface area contributed by atoms with Crippen molar-refractivity contribution in [3.63, 3.8) is 0 Å². The topological polar surface area (TPSA) is 0 Å². The maximum atomic E-state index is 13.2. The summed E-state index contributed by atoms with van der Waals surface area (Å²) in [5, 5.41) is 0. The first kappa shape index (κ1) is 6.79. The SMILES string of the molecule is CC1=CC(C)CC1(C)F. The predicted octanol–water partition coefficient (Wildman–Crippen LogP) is 2.70. The van der Waals surface area contributed by atoms with Crippen LogP contribution in [-0.2, 0) is 0 Å². The zero-order valence-corrected chi connectivity index (χ0v) is 6.24. The van der Waals surface area contributed by atoms with Gasteiger partial charge in [-0.1, -0.05) is 13.0 Å². The van der Waals surface area contributed by atoms with Crippen LogP contribution < -0.4 is 0 Å². The Bertz CT molecular complexity index is 145. The molecule has 2 atom stereocenters. The van der Waals surface area contributed by atoms with Gasteiger partial charge in [-0.25, -0.2) is 4.39 Å². The quantitative estimate of drug-likeness (QED) is 0.440. The van der Waals surface area contributed by atoms with Gasteiger partial charge >= 0.3 is 0 Å². The standard InChI is InChI=1S/C8H13F/c1-6-4-7(2)8(3,9)5-6/h4,6H,5H2,1-3H3. The first-order valence-electron chi connectivity index (χ1n) is 3.40. The molecule has 0 saturated carbocycles. The molecule has 9 heavy (non-hydrogen) atoms. The van der Waals surface area contributed by atoms with Crippen LogP contribution in [0.1, 0.15) is 27.2 Å². The van der Waals surface area contributed by atoms with Gasteiger partial charge in [0.1, 0.15) is 5.67 Å². The maximum absolute atomic E-state index is 13.2. The molecule has 1 aliphatic rings. The Morgan fingerprint density at radius 3 is 2.44 bits per heavy atom. The minimum atomic E-state index is -1.01. The van der Waals surface area contributed by atoms with Crippen molar-refractivity contribution in [1.29, 1.82) is 0 Å². The molecule has 0 bridgehead atoms. The Kier molecular flexibility index (Phi) is 1.38. The van der Waals surface area contributed by atoms with Crippen LogP contribution in [0.25, 0.3) is 0 Å². The molecule has 0 aromatic heterocycles. The van der Waals surface area contributed by atoms with Gasteiger partial charge in [-0.15, -0.1) is 0 Å². The molecule has 1 aliphatic carbocycles. The van der Waals surface area contributed by atoms with Gasteiger partial charge in [0, 0.05) is 0 Å². The summed E-state index contributed by atoms with van der Waals surface area (Å²) in [4.78, 5) is 0. The summed E-state index contributed by atoms with van der Waals surface area (Å²) in [6, 6.07) is 0. The molecule has 52 valence electrons. The summed E-state index contributed by atoms with van der Waals surface area (Å²) in [7, 11) is 0. The largest absolute Gasteiger partial charge is 0.239 e. The lowest BCUT2D eigenvalue weighted by molar-refractivity contribution is 0.225. The van der Waals surface area contributed by atoms with Crippen LogP contribution in [0, 0.1) is 5.92 Å². The summed E-state index contributed by atoms with van der Waals surface area (Å²) in [5.74, 6) is 0.431. The number of allylic oxidation sites excluding steroid dienone is 2. The Morgan fingerprint density at radius 2 is 2.33 bits per heavy atom. The van der Waals surface area contributed by atoms with E-state index in [1.807, 2.05) is 19.9 Å². The molecule has 0 N–H and O–H groups in total. The van der Waals surface area contributed by atoms with Crippen LogP contribution in [0.15, 0.2) is 11.6 Å². The molecule has 0 nitrogen and oxygen atoms in total. The first-order valence-corrected chi connectivity index (χ1v) is 3.40. The first-order chi connectivity index (χ1) is 4.02. The van der Waals surface area contributed by atoms with E-state index in [0.29, 0.717) is 12.3 Å². The van der Waals surface area contributed by atoms with Crippen LogP contribution >= 0.6 is 0 Å². The summed E-state index contributed by atoms with van der Waals surface area (Å²) >= 11 is 0. The third-order valence-electron chi connectivity index (χ3n) is 2.06. The van der Waals surface area contributed by atoms with Crippen LogP contribution in [0.4, 0.5) is 4.39 Å². The fourth-order valence-electron chi connectivity index (χ4n) is 1.43. The van der Waals surface area contributed by atoms with E-state index >= 15 is 0 Å². The van der Waals surface area contributed by atoms with Crippen molar-refractivity contribution in [2.75, 3.05) is 0 Å². The summed E-state index contributed by atoms with van der Waals surface area (Å²) < 4.78 is 13.2. The van der Waals surface area contributed by atoms with Gasteiger partial charge in [0.25, 0.3) is 0 Å². The highest BCUT2D eigenvalue weighted by atomic mass is 19.1.